The Bertz CT molecular complexity index is 1810. The molecule has 0 atom stereocenters. The summed E-state index contributed by atoms with van der Waals surface area (Å²) in [4.78, 5) is 28.7. The van der Waals surface area contributed by atoms with E-state index < -0.39 is 5.82 Å². The van der Waals surface area contributed by atoms with E-state index in [1.54, 1.807) is 24.8 Å². The van der Waals surface area contributed by atoms with Gasteiger partial charge in [0.05, 0.1) is 40.5 Å². The minimum absolute atomic E-state index is 0.0619. The molecule has 0 saturated heterocycles. The highest BCUT2D eigenvalue weighted by Crippen LogP contribution is 2.35. The zero-order chi connectivity index (χ0) is 26.2. The summed E-state index contributed by atoms with van der Waals surface area (Å²) in [5.41, 5.74) is 6.63. The molecule has 5 aromatic heterocycles. The number of anilines is 1. The first-order valence-corrected chi connectivity index (χ1v) is 12.1. The molecule has 0 radical (unpaired) electrons. The van der Waals surface area contributed by atoms with E-state index in [1.807, 2.05) is 31.2 Å². The number of carbonyl (C=O) groups excluding carboxylic acids is 1. The molecule has 10 heteroatoms. The number of nitrogens with one attached hydrogen (secondary N) is 3. The van der Waals surface area contributed by atoms with Crippen molar-refractivity contribution < 1.29 is 14.3 Å². The number of aromatic hydroxyl groups is 1. The highest BCUT2D eigenvalue weighted by atomic mass is 19.1. The fraction of sp³-hybridized carbons (Fsp3) is 0.107. The van der Waals surface area contributed by atoms with Gasteiger partial charge in [0.2, 0.25) is 5.91 Å². The molecule has 0 spiro atoms. The van der Waals surface area contributed by atoms with Crippen LogP contribution in [0.2, 0.25) is 0 Å². The molecule has 38 heavy (non-hydrogen) atoms. The fourth-order valence-electron chi connectivity index (χ4n) is 4.48. The fourth-order valence-corrected chi connectivity index (χ4v) is 4.48. The van der Waals surface area contributed by atoms with Crippen LogP contribution in [0.4, 0.5) is 10.1 Å². The van der Waals surface area contributed by atoms with Gasteiger partial charge in [-0.25, -0.2) is 9.37 Å². The minimum Gasteiger partial charge on any atom is -0.508 e. The standard InChI is InChI=1S/C28H22FN7O2/c1-2-3-26(38)32-18-7-16(11-30-12-18)22-4-5-23-27(34-22)28(36-35-23)24-10-20-21(13-31-14-25(20)33-24)15-6-17(29)9-19(37)8-15/h4-14,33,37H,2-3H2,1H3,(H,32,38)(H,35,36). The number of H-pyrrole nitrogens is 2. The Kier molecular flexibility index (Phi) is 5.76. The second-order valence-electron chi connectivity index (χ2n) is 8.95. The highest BCUT2D eigenvalue weighted by Gasteiger charge is 2.16. The van der Waals surface area contributed by atoms with Gasteiger partial charge in [-0.2, -0.15) is 5.10 Å². The molecule has 0 fully saturated rings. The van der Waals surface area contributed by atoms with Crippen LogP contribution >= 0.6 is 0 Å². The monoisotopic (exact) mass is 507 g/mol. The van der Waals surface area contributed by atoms with Crippen LogP contribution in [0.3, 0.4) is 0 Å². The Morgan fingerprint density at radius 3 is 2.71 bits per heavy atom. The Hall–Kier alpha value is -5.12. The largest absolute Gasteiger partial charge is 0.508 e. The molecule has 1 aromatic carbocycles. The van der Waals surface area contributed by atoms with Gasteiger partial charge in [0.1, 0.15) is 22.8 Å². The zero-order valence-electron chi connectivity index (χ0n) is 20.3. The molecule has 6 rings (SSSR count). The van der Waals surface area contributed by atoms with E-state index in [0.29, 0.717) is 45.8 Å². The molecule has 0 aliphatic rings. The molecule has 0 bridgehead atoms. The maximum Gasteiger partial charge on any atom is 0.224 e. The van der Waals surface area contributed by atoms with Crippen LogP contribution in [0.5, 0.6) is 5.75 Å². The number of phenolic OH excluding ortho intramolecular Hbond substituents is 1. The van der Waals surface area contributed by atoms with E-state index in [2.05, 4.69) is 30.5 Å². The lowest BCUT2D eigenvalue weighted by Crippen LogP contribution is -2.10. The Balaban J connectivity index is 1.41. The van der Waals surface area contributed by atoms with E-state index in [-0.39, 0.29) is 11.7 Å². The molecule has 0 aliphatic carbocycles. The molecule has 6 aromatic rings. The lowest BCUT2D eigenvalue weighted by atomic mass is 10.0. The third-order valence-electron chi connectivity index (χ3n) is 6.20. The number of hydrogen-bond acceptors (Lipinski definition) is 6. The Morgan fingerprint density at radius 1 is 1.00 bits per heavy atom. The maximum atomic E-state index is 14.0. The van der Waals surface area contributed by atoms with Gasteiger partial charge in [0, 0.05) is 41.4 Å². The van der Waals surface area contributed by atoms with Gasteiger partial charge >= 0.3 is 0 Å². The number of aromatic amines is 2. The van der Waals surface area contributed by atoms with Crippen LogP contribution in [0.15, 0.2) is 67.3 Å². The molecule has 0 saturated carbocycles. The minimum atomic E-state index is -0.536. The van der Waals surface area contributed by atoms with Crippen molar-refractivity contribution in [3.63, 3.8) is 0 Å². The van der Waals surface area contributed by atoms with Gasteiger partial charge in [-0.1, -0.05) is 6.92 Å². The molecule has 0 aliphatic heterocycles. The summed E-state index contributed by atoms with van der Waals surface area (Å²) < 4.78 is 14.0. The number of halogens is 1. The number of amides is 1. The number of aromatic nitrogens is 6. The van der Waals surface area contributed by atoms with E-state index in [9.17, 15) is 14.3 Å². The summed E-state index contributed by atoms with van der Waals surface area (Å²) in [6.45, 7) is 1.95. The number of pyridine rings is 3. The summed E-state index contributed by atoms with van der Waals surface area (Å²) in [5.74, 6) is -0.759. The smallest absolute Gasteiger partial charge is 0.224 e. The zero-order valence-corrected chi connectivity index (χ0v) is 20.3. The second kappa shape index (κ2) is 9.40. The molecular formula is C28H22FN7O2. The van der Waals surface area contributed by atoms with Crippen LogP contribution in [-0.2, 0) is 4.79 Å². The number of phenols is 1. The third kappa shape index (κ3) is 4.32. The lowest BCUT2D eigenvalue weighted by Gasteiger charge is -2.06. The number of benzene rings is 1. The van der Waals surface area contributed by atoms with Crippen molar-refractivity contribution in [2.24, 2.45) is 0 Å². The Labute approximate surface area is 215 Å². The second-order valence-corrected chi connectivity index (χ2v) is 8.95. The predicted molar refractivity (Wildman–Crippen MR) is 143 cm³/mol. The molecular weight excluding hydrogens is 485 g/mol. The number of rotatable bonds is 6. The van der Waals surface area contributed by atoms with Gasteiger partial charge < -0.3 is 15.4 Å². The van der Waals surface area contributed by atoms with E-state index in [1.165, 1.54) is 12.1 Å². The third-order valence-corrected chi connectivity index (χ3v) is 6.20. The molecule has 0 unspecified atom stereocenters. The predicted octanol–water partition coefficient (Wildman–Crippen LogP) is 5.81. The summed E-state index contributed by atoms with van der Waals surface area (Å²) >= 11 is 0. The van der Waals surface area contributed by atoms with Gasteiger partial charge in [-0.05, 0) is 48.4 Å². The first-order valence-electron chi connectivity index (χ1n) is 12.1. The van der Waals surface area contributed by atoms with Gasteiger partial charge in [0.25, 0.3) is 0 Å². The number of nitrogens with zero attached hydrogens (tertiary/aromatic N) is 4. The van der Waals surface area contributed by atoms with Crippen molar-refractivity contribution in [1.29, 1.82) is 0 Å². The Morgan fingerprint density at radius 2 is 1.87 bits per heavy atom. The van der Waals surface area contributed by atoms with Crippen molar-refractivity contribution in [1.82, 2.24) is 30.1 Å². The van der Waals surface area contributed by atoms with Crippen LogP contribution in [0.25, 0.3) is 55.7 Å². The summed E-state index contributed by atoms with van der Waals surface area (Å²) in [6, 6.07) is 11.4. The molecule has 9 nitrogen and oxygen atoms in total. The summed E-state index contributed by atoms with van der Waals surface area (Å²) in [5, 5.41) is 21.1. The van der Waals surface area contributed by atoms with Crippen molar-refractivity contribution in [3.05, 3.63) is 73.1 Å². The highest BCUT2D eigenvalue weighted by molar-refractivity contribution is 6.00. The number of hydrogen-bond donors (Lipinski definition) is 4. The van der Waals surface area contributed by atoms with Crippen LogP contribution in [0, 0.1) is 5.82 Å². The molecule has 4 N–H and O–H groups in total. The van der Waals surface area contributed by atoms with Crippen molar-refractivity contribution >= 4 is 33.5 Å². The van der Waals surface area contributed by atoms with E-state index in [4.69, 9.17) is 4.98 Å². The first-order chi connectivity index (χ1) is 18.5. The number of fused-ring (bicyclic) bond motifs is 2. The van der Waals surface area contributed by atoms with Crippen molar-refractivity contribution in [3.8, 4) is 39.5 Å². The van der Waals surface area contributed by atoms with Gasteiger partial charge in [-0.15, -0.1) is 0 Å². The first kappa shape index (κ1) is 23.3. The van der Waals surface area contributed by atoms with Gasteiger partial charge in [0.15, 0.2) is 0 Å². The summed E-state index contributed by atoms with van der Waals surface area (Å²) in [7, 11) is 0. The SMILES string of the molecule is CCCC(=O)Nc1cncc(-c2ccc3[nH]nc(-c4cc5c(-c6cc(O)cc(F)c6)cncc5[nH]4)c3n2)c1. The maximum absolute atomic E-state index is 14.0. The van der Waals surface area contributed by atoms with Crippen molar-refractivity contribution in [2.45, 2.75) is 19.8 Å². The van der Waals surface area contributed by atoms with Crippen molar-refractivity contribution in [2.75, 3.05) is 5.32 Å². The molecule has 1 amide bonds. The quantitative estimate of drug-likeness (QED) is 0.225. The van der Waals surface area contributed by atoms with Crippen LogP contribution in [-0.4, -0.2) is 41.1 Å². The van der Waals surface area contributed by atoms with E-state index >= 15 is 0 Å². The molecule has 188 valence electrons. The topological polar surface area (TPSA) is 132 Å². The summed E-state index contributed by atoms with van der Waals surface area (Å²) in [6.07, 6.45) is 7.81. The van der Waals surface area contributed by atoms with Crippen LogP contribution in [0.1, 0.15) is 19.8 Å². The lowest BCUT2D eigenvalue weighted by molar-refractivity contribution is -0.116. The average molecular weight is 508 g/mol. The number of carbonyl (C=O) groups is 1. The van der Waals surface area contributed by atoms with Crippen LogP contribution < -0.4 is 5.32 Å². The normalized spacial score (nSPS) is 11.3. The molecule has 5 heterocycles. The average Bonchev–Trinajstić information content (AvgIpc) is 3.52. The van der Waals surface area contributed by atoms with E-state index in [0.717, 1.165) is 34.5 Å². The van der Waals surface area contributed by atoms with Gasteiger partial charge in [-0.3, -0.25) is 19.9 Å².